The van der Waals surface area contributed by atoms with Crippen LogP contribution in [0.25, 0.3) is 0 Å². The van der Waals surface area contributed by atoms with Crippen LogP contribution in [0.3, 0.4) is 0 Å². The number of nitrogens with one attached hydrogen (secondary N) is 1. The van der Waals surface area contributed by atoms with Crippen molar-refractivity contribution in [1.82, 2.24) is 15.0 Å². The number of ether oxygens (including phenoxy) is 1. The highest BCUT2D eigenvalue weighted by Crippen LogP contribution is 2.22. The topological polar surface area (TPSA) is 59.9 Å². The van der Waals surface area contributed by atoms with E-state index in [2.05, 4.69) is 57.0 Å². The van der Waals surface area contributed by atoms with Gasteiger partial charge in [0.15, 0.2) is 0 Å². The summed E-state index contributed by atoms with van der Waals surface area (Å²) in [5.74, 6) is 2.19. The summed E-state index contributed by atoms with van der Waals surface area (Å²) in [5.41, 5.74) is 0.981. The van der Waals surface area contributed by atoms with Crippen LogP contribution in [0.1, 0.15) is 32.2 Å². The number of anilines is 1. The van der Waals surface area contributed by atoms with Crippen LogP contribution >= 0.6 is 15.9 Å². The van der Waals surface area contributed by atoms with Gasteiger partial charge < -0.3 is 10.1 Å². The average molecular weight is 351 g/mol. The Morgan fingerprint density at radius 1 is 1.24 bits per heavy atom. The van der Waals surface area contributed by atoms with Crippen molar-refractivity contribution in [1.29, 1.82) is 0 Å². The number of hydrogen-bond donors (Lipinski definition) is 1. The van der Waals surface area contributed by atoms with Gasteiger partial charge in [0.1, 0.15) is 16.2 Å². The van der Waals surface area contributed by atoms with Gasteiger partial charge >= 0.3 is 0 Å². The number of halogens is 1. The lowest BCUT2D eigenvalue weighted by atomic mass is 9.96. The lowest BCUT2D eigenvalue weighted by Crippen LogP contribution is -2.17. The number of hydrogen-bond acceptors (Lipinski definition) is 5. The molecule has 2 rings (SSSR count). The molecule has 5 nitrogen and oxygen atoms in total. The SMILES string of the molecule is COc1cc(CNc2cc(Br)nc(C(C)(C)C)n2)ccn1. The van der Waals surface area contributed by atoms with E-state index in [0.717, 1.165) is 21.8 Å². The zero-order chi connectivity index (χ0) is 15.5. The van der Waals surface area contributed by atoms with Gasteiger partial charge in [0.25, 0.3) is 0 Å². The molecule has 6 heteroatoms. The second-order valence-electron chi connectivity index (χ2n) is 5.71. The largest absolute Gasteiger partial charge is 0.481 e. The maximum Gasteiger partial charge on any atom is 0.213 e. The Labute approximate surface area is 133 Å². The lowest BCUT2D eigenvalue weighted by Gasteiger charge is -2.18. The van der Waals surface area contributed by atoms with Crippen molar-refractivity contribution in [2.75, 3.05) is 12.4 Å². The van der Waals surface area contributed by atoms with E-state index in [4.69, 9.17) is 4.74 Å². The fourth-order valence-corrected chi connectivity index (χ4v) is 2.09. The molecule has 0 fully saturated rings. The molecule has 112 valence electrons. The zero-order valence-electron chi connectivity index (χ0n) is 12.6. The van der Waals surface area contributed by atoms with Gasteiger partial charge in [0.05, 0.1) is 7.11 Å². The molecular weight excluding hydrogens is 332 g/mol. The first-order chi connectivity index (χ1) is 9.88. The maximum absolute atomic E-state index is 5.12. The minimum atomic E-state index is -0.0971. The predicted molar refractivity (Wildman–Crippen MR) is 86.5 cm³/mol. The van der Waals surface area contributed by atoms with E-state index in [-0.39, 0.29) is 5.41 Å². The standard InChI is InChI=1S/C15H19BrN4O/c1-15(2,3)14-19-11(16)8-12(20-14)18-9-10-5-6-17-13(7-10)21-4/h5-8H,9H2,1-4H3,(H,18,19,20). The number of rotatable bonds is 4. The second-order valence-corrected chi connectivity index (χ2v) is 6.52. The third kappa shape index (κ3) is 4.39. The van der Waals surface area contributed by atoms with Crippen molar-refractivity contribution >= 4 is 21.7 Å². The van der Waals surface area contributed by atoms with Crippen LogP contribution in [-0.4, -0.2) is 22.1 Å². The van der Waals surface area contributed by atoms with E-state index in [9.17, 15) is 0 Å². The summed E-state index contributed by atoms with van der Waals surface area (Å²) in [6, 6.07) is 5.71. The monoisotopic (exact) mass is 350 g/mol. The van der Waals surface area contributed by atoms with Crippen molar-refractivity contribution in [3.63, 3.8) is 0 Å². The summed E-state index contributed by atoms with van der Waals surface area (Å²) in [4.78, 5) is 13.1. The van der Waals surface area contributed by atoms with Gasteiger partial charge in [-0.15, -0.1) is 0 Å². The van der Waals surface area contributed by atoms with Crippen molar-refractivity contribution in [2.45, 2.75) is 32.7 Å². The highest BCUT2D eigenvalue weighted by atomic mass is 79.9. The van der Waals surface area contributed by atoms with Gasteiger partial charge in [-0.1, -0.05) is 20.8 Å². The number of pyridine rings is 1. The van der Waals surface area contributed by atoms with Crippen molar-refractivity contribution in [2.24, 2.45) is 0 Å². The molecule has 0 aliphatic rings. The van der Waals surface area contributed by atoms with Crippen LogP contribution in [0.5, 0.6) is 5.88 Å². The maximum atomic E-state index is 5.12. The normalized spacial score (nSPS) is 11.3. The first-order valence-corrected chi connectivity index (χ1v) is 7.45. The third-order valence-electron chi connectivity index (χ3n) is 2.85. The van der Waals surface area contributed by atoms with Gasteiger partial charge in [-0.2, -0.15) is 0 Å². The molecule has 0 unspecified atom stereocenters. The van der Waals surface area contributed by atoms with Gasteiger partial charge in [-0.25, -0.2) is 15.0 Å². The third-order valence-corrected chi connectivity index (χ3v) is 3.25. The van der Waals surface area contributed by atoms with E-state index in [0.29, 0.717) is 12.4 Å². The fraction of sp³-hybridized carbons (Fsp3) is 0.400. The Balaban J connectivity index is 2.14. The van der Waals surface area contributed by atoms with Gasteiger partial charge in [-0.3, -0.25) is 0 Å². The Kier molecular flexibility index (Phi) is 4.77. The fourth-order valence-electron chi connectivity index (χ4n) is 1.71. The van der Waals surface area contributed by atoms with Crippen LogP contribution in [0.15, 0.2) is 29.0 Å². The van der Waals surface area contributed by atoms with Gasteiger partial charge in [0.2, 0.25) is 5.88 Å². The van der Waals surface area contributed by atoms with Crippen molar-refractivity contribution < 1.29 is 4.74 Å². The molecule has 0 aliphatic carbocycles. The highest BCUT2D eigenvalue weighted by Gasteiger charge is 2.18. The summed E-state index contributed by atoms with van der Waals surface area (Å²) in [6.45, 7) is 6.91. The molecule has 2 aromatic heterocycles. The number of methoxy groups -OCH3 is 1. The number of aromatic nitrogens is 3. The first-order valence-electron chi connectivity index (χ1n) is 6.66. The molecule has 1 N–H and O–H groups in total. The van der Waals surface area contributed by atoms with Crippen LogP contribution < -0.4 is 10.1 Å². The predicted octanol–water partition coefficient (Wildman–Crippen LogP) is 3.55. The Bertz CT molecular complexity index is 625. The molecule has 0 amide bonds. The molecule has 0 radical (unpaired) electrons. The molecule has 2 aromatic rings. The smallest absolute Gasteiger partial charge is 0.213 e. The minimum Gasteiger partial charge on any atom is -0.481 e. The molecule has 0 aromatic carbocycles. The Morgan fingerprint density at radius 2 is 2.00 bits per heavy atom. The Hall–Kier alpha value is -1.69. The molecule has 2 heterocycles. The molecule has 0 saturated heterocycles. The van der Waals surface area contributed by atoms with Gasteiger partial charge in [0, 0.05) is 30.3 Å². The highest BCUT2D eigenvalue weighted by molar-refractivity contribution is 9.10. The van der Waals surface area contributed by atoms with Crippen LogP contribution in [0.4, 0.5) is 5.82 Å². The van der Waals surface area contributed by atoms with Crippen LogP contribution in [0, 0.1) is 0 Å². The van der Waals surface area contributed by atoms with Crippen LogP contribution in [-0.2, 0) is 12.0 Å². The molecular formula is C15H19BrN4O. The average Bonchev–Trinajstić information content (AvgIpc) is 2.44. The summed E-state index contributed by atoms with van der Waals surface area (Å²) in [7, 11) is 1.61. The molecule has 0 bridgehead atoms. The van der Waals surface area contributed by atoms with Crippen LogP contribution in [0.2, 0.25) is 0 Å². The molecule has 0 saturated carbocycles. The molecule has 0 spiro atoms. The summed E-state index contributed by atoms with van der Waals surface area (Å²) >= 11 is 3.43. The number of nitrogens with zero attached hydrogens (tertiary/aromatic N) is 3. The van der Waals surface area contributed by atoms with E-state index in [1.54, 1.807) is 13.3 Å². The van der Waals surface area contributed by atoms with Gasteiger partial charge in [-0.05, 0) is 27.6 Å². The minimum absolute atomic E-state index is 0.0971. The van der Waals surface area contributed by atoms with E-state index in [1.807, 2.05) is 18.2 Å². The zero-order valence-corrected chi connectivity index (χ0v) is 14.2. The van der Waals surface area contributed by atoms with Crippen molar-refractivity contribution in [3.8, 4) is 5.88 Å². The van der Waals surface area contributed by atoms with E-state index < -0.39 is 0 Å². The van der Waals surface area contributed by atoms with Crippen molar-refractivity contribution in [3.05, 3.63) is 40.4 Å². The summed E-state index contributed by atoms with van der Waals surface area (Å²) in [5, 5.41) is 3.30. The second kappa shape index (κ2) is 6.39. The summed E-state index contributed by atoms with van der Waals surface area (Å²) in [6.07, 6.45) is 1.73. The molecule has 0 aliphatic heterocycles. The molecule has 0 atom stereocenters. The quantitative estimate of drug-likeness (QED) is 0.854. The Morgan fingerprint density at radius 3 is 2.67 bits per heavy atom. The van der Waals surface area contributed by atoms with E-state index >= 15 is 0 Å². The molecule has 21 heavy (non-hydrogen) atoms. The van der Waals surface area contributed by atoms with E-state index in [1.165, 1.54) is 0 Å². The summed E-state index contributed by atoms with van der Waals surface area (Å²) < 4.78 is 5.89. The lowest BCUT2D eigenvalue weighted by molar-refractivity contribution is 0.397. The first kappa shape index (κ1) is 15.7.